The maximum atomic E-state index is 12.2. The number of carbonyl (C=O) groups excluding carboxylic acids is 1. The Morgan fingerprint density at radius 2 is 2.08 bits per heavy atom. The summed E-state index contributed by atoms with van der Waals surface area (Å²) in [7, 11) is 0. The number of para-hydroxylation sites is 1. The molecule has 0 spiro atoms. The maximum absolute atomic E-state index is 12.2. The highest BCUT2D eigenvalue weighted by Gasteiger charge is 2.21. The van der Waals surface area contributed by atoms with Gasteiger partial charge in [-0.15, -0.1) is 0 Å². The summed E-state index contributed by atoms with van der Waals surface area (Å²) >= 11 is 0. The van der Waals surface area contributed by atoms with E-state index in [9.17, 15) is 4.79 Å². The fourth-order valence-electron chi connectivity index (χ4n) is 2.98. The van der Waals surface area contributed by atoms with Crippen LogP contribution in [0.1, 0.15) is 19.4 Å². The number of benzene rings is 1. The SMILES string of the molecule is CC1=C(C(=O)NCCN2Cc3ccccc3OC(C)C2)OCCO1. The Labute approximate surface area is 142 Å². The molecule has 1 aromatic rings. The van der Waals surface area contributed by atoms with E-state index in [1.807, 2.05) is 18.2 Å². The third-order valence-corrected chi connectivity index (χ3v) is 4.10. The molecule has 0 bridgehead atoms. The Bertz CT molecular complexity index is 629. The molecule has 2 heterocycles. The molecule has 1 unspecified atom stereocenters. The van der Waals surface area contributed by atoms with Gasteiger partial charge in [0.25, 0.3) is 5.91 Å². The highest BCUT2D eigenvalue weighted by atomic mass is 16.6. The van der Waals surface area contributed by atoms with Gasteiger partial charge in [0.05, 0.1) is 0 Å². The van der Waals surface area contributed by atoms with Crippen LogP contribution < -0.4 is 10.1 Å². The van der Waals surface area contributed by atoms with Crippen LogP contribution in [0.2, 0.25) is 0 Å². The van der Waals surface area contributed by atoms with Crippen molar-refractivity contribution in [2.75, 3.05) is 32.8 Å². The van der Waals surface area contributed by atoms with Crippen molar-refractivity contribution in [1.29, 1.82) is 0 Å². The van der Waals surface area contributed by atoms with Crippen molar-refractivity contribution in [2.24, 2.45) is 0 Å². The molecule has 1 amide bonds. The molecule has 24 heavy (non-hydrogen) atoms. The van der Waals surface area contributed by atoms with E-state index < -0.39 is 0 Å². The Morgan fingerprint density at radius 3 is 2.92 bits per heavy atom. The van der Waals surface area contributed by atoms with Gasteiger partial charge in [-0.1, -0.05) is 18.2 Å². The molecule has 130 valence electrons. The van der Waals surface area contributed by atoms with Crippen LogP contribution in [0.15, 0.2) is 35.8 Å². The first kappa shape index (κ1) is 16.6. The second-order valence-electron chi connectivity index (χ2n) is 6.11. The Balaban J connectivity index is 1.54. The van der Waals surface area contributed by atoms with Crippen molar-refractivity contribution in [3.63, 3.8) is 0 Å². The van der Waals surface area contributed by atoms with E-state index in [4.69, 9.17) is 14.2 Å². The van der Waals surface area contributed by atoms with Crippen LogP contribution in [0.4, 0.5) is 0 Å². The molecule has 0 saturated heterocycles. The van der Waals surface area contributed by atoms with E-state index >= 15 is 0 Å². The topological polar surface area (TPSA) is 60.0 Å². The Hall–Kier alpha value is -2.21. The van der Waals surface area contributed by atoms with Gasteiger partial charge in [-0.3, -0.25) is 9.69 Å². The summed E-state index contributed by atoms with van der Waals surface area (Å²) < 4.78 is 16.7. The molecule has 2 aliphatic rings. The zero-order valence-corrected chi connectivity index (χ0v) is 14.2. The summed E-state index contributed by atoms with van der Waals surface area (Å²) in [5.41, 5.74) is 1.18. The summed E-state index contributed by atoms with van der Waals surface area (Å²) in [4.78, 5) is 14.5. The monoisotopic (exact) mass is 332 g/mol. The zero-order valence-electron chi connectivity index (χ0n) is 14.2. The van der Waals surface area contributed by atoms with E-state index in [1.54, 1.807) is 6.92 Å². The standard InChI is InChI=1S/C18H24N2O4/c1-13-11-20(12-15-5-3-4-6-16(15)24-13)8-7-19-18(21)17-14(2)22-9-10-23-17/h3-6,13H,7-12H2,1-2H3,(H,19,21). The number of nitrogens with zero attached hydrogens (tertiary/aromatic N) is 1. The van der Waals surface area contributed by atoms with E-state index in [0.717, 1.165) is 25.4 Å². The van der Waals surface area contributed by atoms with E-state index in [0.29, 0.717) is 31.3 Å². The number of amides is 1. The number of ether oxygens (including phenoxy) is 3. The first-order chi connectivity index (χ1) is 11.6. The van der Waals surface area contributed by atoms with Crippen molar-refractivity contribution >= 4 is 5.91 Å². The van der Waals surface area contributed by atoms with Crippen molar-refractivity contribution in [3.8, 4) is 5.75 Å². The van der Waals surface area contributed by atoms with E-state index in [1.165, 1.54) is 5.56 Å². The minimum Gasteiger partial charge on any atom is -0.491 e. The fourth-order valence-corrected chi connectivity index (χ4v) is 2.98. The van der Waals surface area contributed by atoms with Crippen LogP contribution in [0, 0.1) is 0 Å². The van der Waals surface area contributed by atoms with Gasteiger partial charge in [0, 0.05) is 31.7 Å². The van der Waals surface area contributed by atoms with Crippen LogP contribution in [0.5, 0.6) is 5.75 Å². The number of carbonyl (C=O) groups is 1. The lowest BCUT2D eigenvalue weighted by Gasteiger charge is -2.23. The summed E-state index contributed by atoms with van der Waals surface area (Å²) in [6.07, 6.45) is 0.115. The summed E-state index contributed by atoms with van der Waals surface area (Å²) in [6.45, 7) is 7.66. The van der Waals surface area contributed by atoms with E-state index in [2.05, 4.69) is 23.2 Å². The van der Waals surface area contributed by atoms with Gasteiger partial charge in [-0.25, -0.2) is 0 Å². The number of rotatable bonds is 4. The molecular formula is C18H24N2O4. The molecule has 0 radical (unpaired) electrons. The molecule has 0 aliphatic carbocycles. The average molecular weight is 332 g/mol. The van der Waals surface area contributed by atoms with Crippen molar-refractivity contribution in [2.45, 2.75) is 26.5 Å². The lowest BCUT2D eigenvalue weighted by molar-refractivity contribution is -0.122. The number of hydrogen-bond donors (Lipinski definition) is 1. The van der Waals surface area contributed by atoms with Crippen LogP contribution in [0.25, 0.3) is 0 Å². The second kappa shape index (κ2) is 7.57. The smallest absolute Gasteiger partial charge is 0.289 e. The zero-order chi connectivity index (χ0) is 16.9. The largest absolute Gasteiger partial charge is 0.491 e. The molecular weight excluding hydrogens is 308 g/mol. The van der Waals surface area contributed by atoms with Gasteiger partial charge in [0.1, 0.15) is 30.8 Å². The normalized spacial score (nSPS) is 21.0. The second-order valence-corrected chi connectivity index (χ2v) is 6.11. The predicted molar refractivity (Wildman–Crippen MR) is 89.4 cm³/mol. The van der Waals surface area contributed by atoms with Gasteiger partial charge < -0.3 is 19.5 Å². The van der Waals surface area contributed by atoms with E-state index in [-0.39, 0.29) is 12.0 Å². The number of hydrogen-bond acceptors (Lipinski definition) is 5. The van der Waals surface area contributed by atoms with Gasteiger partial charge in [-0.2, -0.15) is 0 Å². The van der Waals surface area contributed by atoms with Crippen molar-refractivity contribution in [1.82, 2.24) is 10.2 Å². The Kier molecular flexibility index (Phi) is 5.25. The Morgan fingerprint density at radius 1 is 1.29 bits per heavy atom. The first-order valence-corrected chi connectivity index (χ1v) is 8.35. The van der Waals surface area contributed by atoms with Crippen LogP contribution >= 0.6 is 0 Å². The highest BCUT2D eigenvalue weighted by Crippen LogP contribution is 2.24. The quantitative estimate of drug-likeness (QED) is 0.909. The van der Waals surface area contributed by atoms with Crippen LogP contribution in [0.3, 0.4) is 0 Å². The van der Waals surface area contributed by atoms with Gasteiger partial charge in [-0.05, 0) is 19.9 Å². The first-order valence-electron chi connectivity index (χ1n) is 8.35. The lowest BCUT2D eigenvalue weighted by atomic mass is 10.2. The minimum atomic E-state index is -0.216. The molecule has 0 aromatic heterocycles. The third kappa shape index (κ3) is 4.00. The lowest BCUT2D eigenvalue weighted by Crippen LogP contribution is -2.39. The molecule has 3 rings (SSSR count). The molecule has 2 aliphatic heterocycles. The fraction of sp³-hybridized carbons (Fsp3) is 0.500. The molecule has 0 fully saturated rings. The number of fused-ring (bicyclic) bond motifs is 1. The van der Waals surface area contributed by atoms with Crippen LogP contribution in [-0.4, -0.2) is 49.8 Å². The van der Waals surface area contributed by atoms with Gasteiger partial charge in [0.15, 0.2) is 0 Å². The number of nitrogens with one attached hydrogen (secondary N) is 1. The third-order valence-electron chi connectivity index (χ3n) is 4.10. The minimum absolute atomic E-state index is 0.115. The average Bonchev–Trinajstić information content (AvgIpc) is 2.72. The van der Waals surface area contributed by atoms with Crippen molar-refractivity contribution in [3.05, 3.63) is 41.3 Å². The summed E-state index contributed by atoms with van der Waals surface area (Å²) in [6, 6.07) is 8.10. The maximum Gasteiger partial charge on any atom is 0.289 e. The van der Waals surface area contributed by atoms with Crippen molar-refractivity contribution < 1.29 is 19.0 Å². The molecule has 1 aromatic carbocycles. The highest BCUT2D eigenvalue weighted by molar-refractivity contribution is 5.91. The summed E-state index contributed by atoms with van der Waals surface area (Å²) in [5.74, 6) is 1.57. The molecule has 1 atom stereocenters. The summed E-state index contributed by atoms with van der Waals surface area (Å²) in [5, 5.41) is 2.91. The van der Waals surface area contributed by atoms with Gasteiger partial charge >= 0.3 is 0 Å². The van der Waals surface area contributed by atoms with Gasteiger partial charge in [0.2, 0.25) is 5.76 Å². The predicted octanol–water partition coefficient (Wildman–Crippen LogP) is 1.66. The molecule has 1 N–H and O–H groups in total. The number of allylic oxidation sites excluding steroid dienone is 1. The molecule has 6 heteroatoms. The molecule has 6 nitrogen and oxygen atoms in total. The van der Waals surface area contributed by atoms with Crippen LogP contribution in [-0.2, 0) is 20.8 Å². The molecule has 0 saturated carbocycles.